The van der Waals surface area contributed by atoms with Crippen LogP contribution in [0.2, 0.25) is 0 Å². The van der Waals surface area contributed by atoms with E-state index in [0.29, 0.717) is 23.8 Å². The highest BCUT2D eigenvalue weighted by Crippen LogP contribution is 2.49. The first-order valence-corrected chi connectivity index (χ1v) is 11.3. The van der Waals surface area contributed by atoms with Crippen molar-refractivity contribution < 1.29 is 13.5 Å². The van der Waals surface area contributed by atoms with Crippen molar-refractivity contribution in [3.8, 4) is 5.75 Å². The fourth-order valence-electron chi connectivity index (χ4n) is 6.32. The van der Waals surface area contributed by atoms with Gasteiger partial charge in [-0.25, -0.2) is 4.39 Å². The Bertz CT molecular complexity index is 713. The van der Waals surface area contributed by atoms with Crippen LogP contribution in [0, 0.1) is 41.2 Å². The number of halogens is 2. The zero-order valence-corrected chi connectivity index (χ0v) is 17.2. The van der Waals surface area contributed by atoms with Gasteiger partial charge in [-0.15, -0.1) is 0 Å². The van der Waals surface area contributed by atoms with Gasteiger partial charge in [-0.05, 0) is 98.1 Å². The van der Waals surface area contributed by atoms with E-state index in [1.807, 2.05) is 0 Å². The maximum atomic E-state index is 14.8. The quantitative estimate of drug-likeness (QED) is 0.500. The highest BCUT2D eigenvalue weighted by molar-refractivity contribution is 5.40. The van der Waals surface area contributed by atoms with E-state index in [0.717, 1.165) is 36.2 Å². The molecule has 2 saturated carbocycles. The summed E-state index contributed by atoms with van der Waals surface area (Å²) >= 11 is 0. The highest BCUT2D eigenvalue weighted by Gasteiger charge is 2.39. The lowest BCUT2D eigenvalue weighted by Crippen LogP contribution is -2.35. The van der Waals surface area contributed by atoms with Crippen molar-refractivity contribution in [1.82, 2.24) is 0 Å². The second-order valence-electron chi connectivity index (χ2n) is 9.42. The molecule has 0 saturated heterocycles. The first kappa shape index (κ1) is 19.9. The van der Waals surface area contributed by atoms with Gasteiger partial charge in [-0.3, -0.25) is 0 Å². The van der Waals surface area contributed by atoms with E-state index < -0.39 is 11.6 Å². The van der Waals surface area contributed by atoms with Crippen LogP contribution in [0.4, 0.5) is 8.78 Å². The normalized spacial score (nSPS) is 32.3. The molecule has 0 radical (unpaired) electrons. The Kier molecular flexibility index (Phi) is 6.08. The molecule has 0 amide bonds. The van der Waals surface area contributed by atoms with Crippen molar-refractivity contribution in [2.45, 2.75) is 71.1 Å². The number of hydrogen-bond acceptors (Lipinski definition) is 1. The number of ether oxygens (including phenoxy) is 1. The van der Waals surface area contributed by atoms with Gasteiger partial charge in [0.2, 0.25) is 5.82 Å². The van der Waals surface area contributed by atoms with Crippen LogP contribution in [0.3, 0.4) is 0 Å². The van der Waals surface area contributed by atoms with Crippen LogP contribution in [-0.4, -0.2) is 6.61 Å². The highest BCUT2D eigenvalue weighted by atomic mass is 19.2. The SMILES string of the molecule is C=CCOc1cc2c(c(F)c1F)CC(C1CCC3CC(CC)CCC3C1)CC2. The summed E-state index contributed by atoms with van der Waals surface area (Å²) in [4.78, 5) is 0. The van der Waals surface area contributed by atoms with Gasteiger partial charge in [0.1, 0.15) is 6.61 Å². The molecule has 2 fully saturated rings. The molecular formula is C25H34F2O. The van der Waals surface area contributed by atoms with Gasteiger partial charge in [0.15, 0.2) is 11.6 Å². The molecule has 0 heterocycles. The smallest absolute Gasteiger partial charge is 0.200 e. The van der Waals surface area contributed by atoms with Crippen molar-refractivity contribution in [3.05, 3.63) is 41.5 Å². The number of hydrogen-bond donors (Lipinski definition) is 0. The summed E-state index contributed by atoms with van der Waals surface area (Å²) in [6.45, 7) is 6.10. The fraction of sp³-hybridized carbons (Fsp3) is 0.680. The first-order valence-electron chi connectivity index (χ1n) is 11.3. The van der Waals surface area contributed by atoms with Crippen LogP contribution in [-0.2, 0) is 12.8 Å². The lowest BCUT2D eigenvalue weighted by atomic mass is 9.61. The van der Waals surface area contributed by atoms with Crippen molar-refractivity contribution in [1.29, 1.82) is 0 Å². The summed E-state index contributed by atoms with van der Waals surface area (Å²) in [7, 11) is 0. The Hall–Kier alpha value is -1.38. The minimum Gasteiger partial charge on any atom is -0.486 e. The molecule has 1 aromatic rings. The van der Waals surface area contributed by atoms with Gasteiger partial charge in [-0.1, -0.05) is 32.4 Å². The van der Waals surface area contributed by atoms with Crippen molar-refractivity contribution >= 4 is 0 Å². The Morgan fingerprint density at radius 1 is 1.00 bits per heavy atom. The Labute approximate surface area is 168 Å². The average molecular weight is 389 g/mol. The summed E-state index contributed by atoms with van der Waals surface area (Å²) in [5.41, 5.74) is 1.54. The second-order valence-corrected chi connectivity index (χ2v) is 9.42. The van der Waals surface area contributed by atoms with E-state index in [2.05, 4.69) is 13.5 Å². The van der Waals surface area contributed by atoms with Crippen LogP contribution in [0.1, 0.15) is 69.4 Å². The molecule has 3 aliphatic carbocycles. The van der Waals surface area contributed by atoms with Gasteiger partial charge in [0.05, 0.1) is 0 Å². The standard InChI is InChI=1S/C25H34F2O/c1-3-11-28-23-15-21-10-9-20(14-22(21)24(26)25(23)27)19-8-7-17-12-16(4-2)5-6-18(17)13-19/h3,15-20H,1,4-14H2,2H3. The fourth-order valence-corrected chi connectivity index (χ4v) is 6.32. The van der Waals surface area contributed by atoms with Gasteiger partial charge in [0.25, 0.3) is 0 Å². The van der Waals surface area contributed by atoms with E-state index in [1.54, 1.807) is 12.1 Å². The molecule has 3 aliphatic rings. The van der Waals surface area contributed by atoms with E-state index in [-0.39, 0.29) is 12.4 Å². The van der Waals surface area contributed by atoms with E-state index in [9.17, 15) is 8.78 Å². The summed E-state index contributed by atoms with van der Waals surface area (Å²) in [6.07, 6.45) is 13.7. The molecule has 0 N–H and O–H groups in total. The summed E-state index contributed by atoms with van der Waals surface area (Å²) < 4.78 is 34.5. The van der Waals surface area contributed by atoms with Gasteiger partial charge >= 0.3 is 0 Å². The first-order chi connectivity index (χ1) is 13.6. The predicted octanol–water partition coefficient (Wildman–Crippen LogP) is 6.88. The van der Waals surface area contributed by atoms with E-state index in [1.165, 1.54) is 44.9 Å². The van der Waals surface area contributed by atoms with Crippen LogP contribution < -0.4 is 4.74 Å². The molecule has 0 aliphatic heterocycles. The third-order valence-corrected chi connectivity index (χ3v) is 7.98. The molecule has 0 bridgehead atoms. The van der Waals surface area contributed by atoms with Gasteiger partial charge in [0, 0.05) is 0 Å². The topological polar surface area (TPSA) is 9.23 Å². The molecule has 0 spiro atoms. The van der Waals surface area contributed by atoms with Crippen molar-refractivity contribution in [3.63, 3.8) is 0 Å². The maximum Gasteiger partial charge on any atom is 0.200 e. The zero-order chi connectivity index (χ0) is 19.7. The summed E-state index contributed by atoms with van der Waals surface area (Å²) in [6, 6.07) is 1.72. The molecule has 4 rings (SSSR count). The molecule has 0 aromatic heterocycles. The molecule has 1 aromatic carbocycles. The average Bonchev–Trinajstić information content (AvgIpc) is 2.74. The lowest BCUT2D eigenvalue weighted by molar-refractivity contribution is 0.0705. The number of aryl methyl sites for hydroxylation is 1. The minimum absolute atomic E-state index is 0.0304. The molecule has 3 heteroatoms. The third-order valence-electron chi connectivity index (χ3n) is 7.98. The Balaban J connectivity index is 1.44. The predicted molar refractivity (Wildman–Crippen MR) is 110 cm³/mol. The largest absolute Gasteiger partial charge is 0.486 e. The lowest BCUT2D eigenvalue weighted by Gasteiger charge is -2.45. The number of rotatable bonds is 5. The summed E-state index contributed by atoms with van der Waals surface area (Å²) in [5, 5.41) is 0. The number of benzene rings is 1. The van der Waals surface area contributed by atoms with E-state index in [4.69, 9.17) is 4.74 Å². The van der Waals surface area contributed by atoms with E-state index >= 15 is 0 Å². The third kappa shape index (κ3) is 3.86. The van der Waals surface area contributed by atoms with Gasteiger partial charge in [-0.2, -0.15) is 4.39 Å². The molecular weight excluding hydrogens is 354 g/mol. The molecule has 1 nitrogen and oxygen atoms in total. The monoisotopic (exact) mass is 388 g/mol. The molecule has 5 unspecified atom stereocenters. The minimum atomic E-state index is -0.831. The molecule has 154 valence electrons. The Morgan fingerprint density at radius 3 is 2.46 bits per heavy atom. The van der Waals surface area contributed by atoms with Crippen LogP contribution in [0.25, 0.3) is 0 Å². The van der Waals surface area contributed by atoms with Crippen LogP contribution in [0.5, 0.6) is 5.75 Å². The van der Waals surface area contributed by atoms with Gasteiger partial charge < -0.3 is 4.74 Å². The van der Waals surface area contributed by atoms with Crippen LogP contribution in [0.15, 0.2) is 18.7 Å². The molecule has 5 atom stereocenters. The van der Waals surface area contributed by atoms with Crippen molar-refractivity contribution in [2.75, 3.05) is 6.61 Å². The second kappa shape index (κ2) is 8.55. The maximum absolute atomic E-state index is 14.8. The Morgan fingerprint density at radius 2 is 1.71 bits per heavy atom. The van der Waals surface area contributed by atoms with Crippen LogP contribution >= 0.6 is 0 Å². The number of fused-ring (bicyclic) bond motifs is 2. The zero-order valence-electron chi connectivity index (χ0n) is 17.2. The summed E-state index contributed by atoms with van der Waals surface area (Å²) in [5.74, 6) is 2.44. The van der Waals surface area contributed by atoms with Crippen molar-refractivity contribution in [2.24, 2.45) is 29.6 Å². The molecule has 28 heavy (non-hydrogen) atoms.